The van der Waals surface area contributed by atoms with Crippen LogP contribution in [0.3, 0.4) is 0 Å². The Balaban J connectivity index is 1.52. The third kappa shape index (κ3) is 5.06. The van der Waals surface area contributed by atoms with Crippen LogP contribution in [0.15, 0.2) is 6.07 Å². The summed E-state index contributed by atoms with van der Waals surface area (Å²) in [7, 11) is -2.98. The fourth-order valence-electron chi connectivity index (χ4n) is 4.09. The molecule has 6 nitrogen and oxygen atoms in total. The fraction of sp³-hybridized carbons (Fsp3) is 0.778. The van der Waals surface area contributed by atoms with Gasteiger partial charge in [0.25, 0.3) is 0 Å². The minimum atomic E-state index is -2.98. The van der Waals surface area contributed by atoms with Crippen molar-refractivity contribution in [2.75, 3.05) is 16.8 Å². The summed E-state index contributed by atoms with van der Waals surface area (Å²) in [4.78, 5) is 12.3. The van der Waals surface area contributed by atoms with Crippen LogP contribution in [-0.2, 0) is 14.6 Å². The second-order valence-electron chi connectivity index (χ2n) is 7.62. The summed E-state index contributed by atoms with van der Waals surface area (Å²) in [5, 5.41) is 7.34. The van der Waals surface area contributed by atoms with Crippen molar-refractivity contribution in [2.45, 2.75) is 70.8 Å². The molecule has 0 bridgehead atoms. The Kier molecular flexibility index (Phi) is 5.81. The highest BCUT2D eigenvalue weighted by Crippen LogP contribution is 2.29. The molecule has 3 rings (SSSR count). The summed E-state index contributed by atoms with van der Waals surface area (Å²) in [6.07, 6.45) is 9.77. The molecule has 25 heavy (non-hydrogen) atoms. The van der Waals surface area contributed by atoms with E-state index in [1.54, 1.807) is 4.68 Å². The lowest BCUT2D eigenvalue weighted by atomic mass is 9.86. The van der Waals surface area contributed by atoms with Crippen LogP contribution in [0.2, 0.25) is 0 Å². The number of anilines is 1. The van der Waals surface area contributed by atoms with Crippen molar-refractivity contribution in [1.82, 2.24) is 9.78 Å². The number of aromatic nitrogens is 2. The maximum absolute atomic E-state index is 12.3. The Morgan fingerprint density at radius 1 is 1.28 bits per heavy atom. The van der Waals surface area contributed by atoms with Crippen LogP contribution in [0.25, 0.3) is 0 Å². The third-order valence-corrected chi connectivity index (χ3v) is 7.17. The minimum absolute atomic E-state index is 0.00202. The second kappa shape index (κ2) is 7.89. The van der Waals surface area contributed by atoms with Crippen molar-refractivity contribution >= 4 is 21.6 Å². The Morgan fingerprint density at radius 2 is 2.04 bits per heavy atom. The van der Waals surface area contributed by atoms with Crippen LogP contribution in [-0.4, -0.2) is 35.6 Å². The molecule has 0 aromatic carbocycles. The van der Waals surface area contributed by atoms with E-state index in [0.717, 1.165) is 24.5 Å². The number of carbonyl (C=O) groups is 1. The van der Waals surface area contributed by atoms with Gasteiger partial charge in [-0.2, -0.15) is 5.10 Å². The summed E-state index contributed by atoms with van der Waals surface area (Å²) in [5.41, 5.74) is 0.793. The van der Waals surface area contributed by atoms with Gasteiger partial charge in [0, 0.05) is 12.5 Å². The number of hydrogen-bond donors (Lipinski definition) is 1. The monoisotopic (exact) mass is 367 g/mol. The largest absolute Gasteiger partial charge is 0.311 e. The van der Waals surface area contributed by atoms with Crippen LogP contribution in [0.1, 0.15) is 69.5 Å². The van der Waals surface area contributed by atoms with Gasteiger partial charge in [-0.3, -0.25) is 4.79 Å². The van der Waals surface area contributed by atoms with Gasteiger partial charge in [-0.1, -0.05) is 32.1 Å². The predicted molar refractivity (Wildman–Crippen MR) is 98.3 cm³/mol. The van der Waals surface area contributed by atoms with Gasteiger partial charge in [-0.05, 0) is 32.1 Å². The summed E-state index contributed by atoms with van der Waals surface area (Å²) >= 11 is 0. The molecular weight excluding hydrogens is 338 g/mol. The van der Waals surface area contributed by atoms with E-state index >= 15 is 0 Å². The maximum Gasteiger partial charge on any atom is 0.225 e. The van der Waals surface area contributed by atoms with Crippen LogP contribution in [0.4, 0.5) is 5.82 Å². The standard InChI is InChI=1S/C18H29N3O3S/c1-14-12-17(21(20-14)16-10-11-25(23,24)13-16)19-18(22)9-5-8-15-6-3-2-4-7-15/h12,15-16H,2-11,13H2,1H3,(H,19,22)/t16-/m0/s1. The zero-order chi connectivity index (χ0) is 17.9. The van der Waals surface area contributed by atoms with Gasteiger partial charge < -0.3 is 5.32 Å². The second-order valence-corrected chi connectivity index (χ2v) is 9.85. The number of aryl methyl sites for hydroxylation is 1. The zero-order valence-corrected chi connectivity index (χ0v) is 15.9. The van der Waals surface area contributed by atoms with E-state index in [9.17, 15) is 13.2 Å². The van der Waals surface area contributed by atoms with Crippen LogP contribution in [0.5, 0.6) is 0 Å². The lowest BCUT2D eigenvalue weighted by Crippen LogP contribution is -2.19. The van der Waals surface area contributed by atoms with Crippen molar-refractivity contribution in [1.29, 1.82) is 0 Å². The summed E-state index contributed by atoms with van der Waals surface area (Å²) in [5.74, 6) is 1.72. The van der Waals surface area contributed by atoms with Crippen LogP contribution >= 0.6 is 0 Å². The topological polar surface area (TPSA) is 81.1 Å². The number of sulfone groups is 1. The molecule has 1 saturated heterocycles. The van der Waals surface area contributed by atoms with Crippen LogP contribution < -0.4 is 5.32 Å². The molecule has 7 heteroatoms. The first-order valence-corrected chi connectivity index (χ1v) is 11.3. The van der Waals surface area contributed by atoms with Gasteiger partial charge in [0.05, 0.1) is 23.2 Å². The Morgan fingerprint density at radius 3 is 2.72 bits per heavy atom. The number of amides is 1. The molecule has 0 spiro atoms. The number of nitrogens with zero attached hydrogens (tertiary/aromatic N) is 2. The summed E-state index contributed by atoms with van der Waals surface area (Å²) in [6.45, 7) is 1.86. The van der Waals surface area contributed by atoms with E-state index in [-0.39, 0.29) is 23.5 Å². The molecule has 140 valence electrons. The van der Waals surface area contributed by atoms with Gasteiger partial charge >= 0.3 is 0 Å². The minimum Gasteiger partial charge on any atom is -0.311 e. The number of nitrogens with one attached hydrogen (secondary N) is 1. The zero-order valence-electron chi connectivity index (χ0n) is 15.0. The number of carbonyl (C=O) groups excluding carboxylic acids is 1. The molecule has 0 unspecified atom stereocenters. The van der Waals surface area contributed by atoms with Crippen molar-refractivity contribution in [3.63, 3.8) is 0 Å². The molecule has 1 aliphatic heterocycles. The lowest BCUT2D eigenvalue weighted by Gasteiger charge is -2.21. The van der Waals surface area contributed by atoms with Crippen LogP contribution in [0, 0.1) is 12.8 Å². The molecule has 1 aromatic heterocycles. The Hall–Kier alpha value is -1.37. The van der Waals surface area contributed by atoms with E-state index in [2.05, 4.69) is 10.4 Å². The molecule has 1 saturated carbocycles. The van der Waals surface area contributed by atoms with Gasteiger partial charge in [-0.25, -0.2) is 13.1 Å². The lowest BCUT2D eigenvalue weighted by molar-refractivity contribution is -0.116. The molecule has 2 aliphatic rings. The van der Waals surface area contributed by atoms with Gasteiger partial charge in [0.1, 0.15) is 5.82 Å². The van der Waals surface area contributed by atoms with E-state index in [0.29, 0.717) is 18.7 Å². The smallest absolute Gasteiger partial charge is 0.225 e. The first-order valence-electron chi connectivity index (χ1n) is 9.49. The molecular formula is C18H29N3O3S. The Bertz CT molecular complexity index is 705. The fourth-order valence-corrected chi connectivity index (χ4v) is 5.78. The number of rotatable bonds is 6. The first kappa shape index (κ1) is 18.4. The number of hydrogen-bond acceptors (Lipinski definition) is 4. The summed E-state index contributed by atoms with van der Waals surface area (Å²) < 4.78 is 25.1. The normalized spacial score (nSPS) is 23.6. The van der Waals surface area contributed by atoms with Gasteiger partial charge in [0.2, 0.25) is 5.91 Å². The van der Waals surface area contributed by atoms with Crippen molar-refractivity contribution in [3.05, 3.63) is 11.8 Å². The average molecular weight is 368 g/mol. The van der Waals surface area contributed by atoms with E-state index in [1.807, 2.05) is 13.0 Å². The van der Waals surface area contributed by atoms with E-state index in [1.165, 1.54) is 32.1 Å². The third-order valence-electron chi connectivity index (χ3n) is 5.42. The van der Waals surface area contributed by atoms with Crippen molar-refractivity contribution < 1.29 is 13.2 Å². The quantitative estimate of drug-likeness (QED) is 0.837. The Labute approximate surface area is 150 Å². The summed E-state index contributed by atoms with van der Waals surface area (Å²) in [6, 6.07) is 1.65. The molecule has 1 amide bonds. The highest BCUT2D eigenvalue weighted by molar-refractivity contribution is 7.91. The highest BCUT2D eigenvalue weighted by Gasteiger charge is 2.31. The van der Waals surface area contributed by atoms with E-state index < -0.39 is 9.84 Å². The molecule has 1 aromatic rings. The van der Waals surface area contributed by atoms with E-state index in [4.69, 9.17) is 0 Å². The van der Waals surface area contributed by atoms with Gasteiger partial charge in [-0.15, -0.1) is 0 Å². The molecule has 0 radical (unpaired) electrons. The van der Waals surface area contributed by atoms with Crippen molar-refractivity contribution in [2.24, 2.45) is 5.92 Å². The van der Waals surface area contributed by atoms with Gasteiger partial charge in [0.15, 0.2) is 9.84 Å². The maximum atomic E-state index is 12.3. The molecule has 2 heterocycles. The average Bonchev–Trinajstić information content (AvgIpc) is 3.10. The molecule has 1 aliphatic carbocycles. The molecule has 1 atom stereocenters. The predicted octanol–water partition coefficient (Wildman–Crippen LogP) is 3.24. The highest BCUT2D eigenvalue weighted by atomic mass is 32.2. The molecule has 2 fully saturated rings. The SMILES string of the molecule is Cc1cc(NC(=O)CCCC2CCCCC2)n([C@H]2CCS(=O)(=O)C2)n1. The molecule has 1 N–H and O–H groups in total. The van der Waals surface area contributed by atoms with Crippen molar-refractivity contribution in [3.8, 4) is 0 Å². The first-order chi connectivity index (χ1) is 11.9.